The van der Waals surface area contributed by atoms with E-state index in [1.807, 2.05) is 24.3 Å². The summed E-state index contributed by atoms with van der Waals surface area (Å²) in [4.78, 5) is 15.6. The highest BCUT2D eigenvalue weighted by atomic mass is 32.2. The van der Waals surface area contributed by atoms with Gasteiger partial charge in [-0.2, -0.15) is 0 Å². The molecule has 0 saturated heterocycles. The highest BCUT2D eigenvalue weighted by molar-refractivity contribution is 7.99. The SMILES string of the molecule is COC(=O)Cn1nnnc1Sc1nnc2ccccc2n1. The molecule has 0 saturated carbocycles. The molecular formula is C11H9N7O2S. The summed E-state index contributed by atoms with van der Waals surface area (Å²) < 4.78 is 5.89. The third-order valence-electron chi connectivity index (χ3n) is 2.53. The molecule has 0 aliphatic carbocycles. The normalized spacial score (nSPS) is 10.7. The summed E-state index contributed by atoms with van der Waals surface area (Å²) in [6.45, 7) is -0.0765. The Balaban J connectivity index is 1.85. The van der Waals surface area contributed by atoms with Crippen molar-refractivity contribution >= 4 is 28.8 Å². The number of carbonyl (C=O) groups excluding carboxylic acids is 1. The van der Waals surface area contributed by atoms with Gasteiger partial charge in [0, 0.05) is 0 Å². The minimum atomic E-state index is -0.443. The Hall–Kier alpha value is -2.62. The summed E-state index contributed by atoms with van der Waals surface area (Å²) in [7, 11) is 1.30. The molecule has 0 radical (unpaired) electrons. The molecule has 3 aromatic rings. The Morgan fingerprint density at radius 2 is 2.05 bits per heavy atom. The number of para-hydroxylation sites is 1. The first-order valence-corrected chi connectivity index (χ1v) is 6.68. The predicted octanol–water partition coefficient (Wildman–Crippen LogP) is 0.335. The van der Waals surface area contributed by atoms with E-state index in [4.69, 9.17) is 0 Å². The Kier molecular flexibility index (Phi) is 3.69. The van der Waals surface area contributed by atoms with Gasteiger partial charge in [-0.05, 0) is 34.3 Å². The lowest BCUT2D eigenvalue weighted by atomic mass is 10.3. The second-order valence-corrected chi connectivity index (χ2v) is 4.81. The molecule has 9 nitrogen and oxygen atoms in total. The number of hydrogen-bond donors (Lipinski definition) is 0. The number of nitrogens with zero attached hydrogens (tertiary/aromatic N) is 7. The van der Waals surface area contributed by atoms with Crippen LogP contribution in [0.5, 0.6) is 0 Å². The van der Waals surface area contributed by atoms with Gasteiger partial charge < -0.3 is 4.74 Å². The van der Waals surface area contributed by atoms with Crippen LogP contribution in [0.4, 0.5) is 0 Å². The van der Waals surface area contributed by atoms with Crippen LogP contribution in [0, 0.1) is 0 Å². The average molecular weight is 303 g/mol. The molecule has 0 atom stereocenters. The van der Waals surface area contributed by atoms with Crippen LogP contribution >= 0.6 is 11.8 Å². The van der Waals surface area contributed by atoms with E-state index in [0.29, 0.717) is 15.8 Å². The van der Waals surface area contributed by atoms with E-state index >= 15 is 0 Å². The fourth-order valence-corrected chi connectivity index (χ4v) is 2.22. The summed E-state index contributed by atoms with van der Waals surface area (Å²) in [5.74, 6) is -0.443. The quantitative estimate of drug-likeness (QED) is 0.630. The minimum absolute atomic E-state index is 0.0765. The molecule has 106 valence electrons. The molecule has 0 aliphatic heterocycles. The monoisotopic (exact) mass is 303 g/mol. The van der Waals surface area contributed by atoms with Crippen molar-refractivity contribution in [3.63, 3.8) is 0 Å². The maximum Gasteiger partial charge on any atom is 0.327 e. The van der Waals surface area contributed by atoms with E-state index in [2.05, 4.69) is 35.4 Å². The van der Waals surface area contributed by atoms with Gasteiger partial charge in [-0.3, -0.25) is 4.79 Å². The van der Waals surface area contributed by atoms with Crippen molar-refractivity contribution in [2.45, 2.75) is 16.9 Å². The van der Waals surface area contributed by atoms with Crippen molar-refractivity contribution in [3.8, 4) is 0 Å². The van der Waals surface area contributed by atoms with Crippen molar-refractivity contribution < 1.29 is 9.53 Å². The van der Waals surface area contributed by atoms with E-state index in [1.54, 1.807) is 0 Å². The molecule has 0 spiro atoms. The highest BCUT2D eigenvalue weighted by Gasteiger charge is 2.14. The second kappa shape index (κ2) is 5.79. The zero-order chi connectivity index (χ0) is 14.7. The van der Waals surface area contributed by atoms with Crippen molar-refractivity contribution in [1.82, 2.24) is 35.4 Å². The molecule has 3 rings (SSSR count). The average Bonchev–Trinajstić information content (AvgIpc) is 2.94. The van der Waals surface area contributed by atoms with Gasteiger partial charge in [0.15, 0.2) is 0 Å². The zero-order valence-corrected chi connectivity index (χ0v) is 11.7. The zero-order valence-electron chi connectivity index (χ0n) is 10.9. The number of rotatable bonds is 4. The Bertz CT molecular complexity index is 791. The molecule has 2 heterocycles. The number of fused-ring (bicyclic) bond motifs is 1. The summed E-state index contributed by atoms with van der Waals surface area (Å²) >= 11 is 1.12. The Morgan fingerprint density at radius 1 is 1.24 bits per heavy atom. The van der Waals surface area contributed by atoms with Gasteiger partial charge in [-0.15, -0.1) is 15.3 Å². The van der Waals surface area contributed by atoms with Gasteiger partial charge in [-0.1, -0.05) is 12.1 Å². The van der Waals surface area contributed by atoms with Crippen LogP contribution in [-0.2, 0) is 16.1 Å². The number of benzene rings is 1. The standard InChI is InChI=1S/C11H9N7O2S/c1-20-9(19)6-18-11(15-16-17-18)21-10-12-7-4-2-3-5-8(7)13-14-10/h2-5H,6H2,1H3. The Labute approximate surface area is 122 Å². The maximum atomic E-state index is 11.3. The summed E-state index contributed by atoms with van der Waals surface area (Å²) in [6.07, 6.45) is 0. The van der Waals surface area contributed by atoms with E-state index in [0.717, 1.165) is 17.3 Å². The molecule has 21 heavy (non-hydrogen) atoms. The van der Waals surface area contributed by atoms with Crippen molar-refractivity contribution in [2.75, 3.05) is 7.11 Å². The van der Waals surface area contributed by atoms with Crippen LogP contribution < -0.4 is 0 Å². The third kappa shape index (κ3) is 2.94. The molecule has 2 aromatic heterocycles. The number of esters is 1. The molecule has 0 bridgehead atoms. The third-order valence-corrected chi connectivity index (χ3v) is 3.36. The first-order valence-electron chi connectivity index (χ1n) is 5.86. The van der Waals surface area contributed by atoms with Crippen LogP contribution in [0.2, 0.25) is 0 Å². The lowest BCUT2D eigenvalue weighted by Crippen LogP contribution is -2.13. The van der Waals surface area contributed by atoms with E-state index < -0.39 is 5.97 Å². The number of ether oxygens (including phenoxy) is 1. The van der Waals surface area contributed by atoms with Crippen molar-refractivity contribution in [1.29, 1.82) is 0 Å². The number of methoxy groups -OCH3 is 1. The molecule has 1 aromatic carbocycles. The van der Waals surface area contributed by atoms with Gasteiger partial charge in [0.25, 0.3) is 0 Å². The largest absolute Gasteiger partial charge is 0.468 e. The lowest BCUT2D eigenvalue weighted by Gasteiger charge is -2.02. The van der Waals surface area contributed by atoms with Gasteiger partial charge in [0.2, 0.25) is 10.3 Å². The summed E-state index contributed by atoms with van der Waals surface area (Å²) in [5.41, 5.74) is 1.43. The van der Waals surface area contributed by atoms with Gasteiger partial charge >= 0.3 is 5.97 Å². The molecule has 0 unspecified atom stereocenters. The van der Waals surface area contributed by atoms with Crippen LogP contribution in [0.3, 0.4) is 0 Å². The van der Waals surface area contributed by atoms with E-state index in [1.165, 1.54) is 11.8 Å². The van der Waals surface area contributed by atoms with Gasteiger partial charge in [0.1, 0.15) is 12.1 Å². The predicted molar refractivity (Wildman–Crippen MR) is 71.3 cm³/mol. The molecule has 0 fully saturated rings. The first-order chi connectivity index (χ1) is 10.3. The number of tetrazole rings is 1. The first kappa shape index (κ1) is 13.4. The maximum absolute atomic E-state index is 11.3. The number of carbonyl (C=O) groups is 1. The van der Waals surface area contributed by atoms with Crippen LogP contribution in [0.15, 0.2) is 34.6 Å². The topological polar surface area (TPSA) is 109 Å². The number of hydrogen-bond acceptors (Lipinski definition) is 9. The van der Waals surface area contributed by atoms with Crippen LogP contribution in [0.1, 0.15) is 0 Å². The van der Waals surface area contributed by atoms with E-state index in [9.17, 15) is 4.79 Å². The summed E-state index contributed by atoms with van der Waals surface area (Å²) in [5, 5.41) is 19.9. The fourth-order valence-electron chi connectivity index (χ4n) is 1.55. The van der Waals surface area contributed by atoms with Crippen LogP contribution in [-0.4, -0.2) is 48.5 Å². The molecule has 10 heteroatoms. The fraction of sp³-hybridized carbons (Fsp3) is 0.182. The molecular weight excluding hydrogens is 294 g/mol. The lowest BCUT2D eigenvalue weighted by molar-refractivity contribution is -0.141. The summed E-state index contributed by atoms with van der Waals surface area (Å²) in [6, 6.07) is 7.39. The second-order valence-electron chi connectivity index (χ2n) is 3.88. The van der Waals surface area contributed by atoms with Crippen molar-refractivity contribution in [2.24, 2.45) is 0 Å². The minimum Gasteiger partial charge on any atom is -0.468 e. The smallest absolute Gasteiger partial charge is 0.327 e. The van der Waals surface area contributed by atoms with E-state index in [-0.39, 0.29) is 6.54 Å². The van der Waals surface area contributed by atoms with Gasteiger partial charge in [0.05, 0.1) is 12.6 Å². The molecule has 0 N–H and O–H groups in total. The Morgan fingerprint density at radius 3 is 2.86 bits per heavy atom. The molecule has 0 amide bonds. The van der Waals surface area contributed by atoms with Crippen LogP contribution in [0.25, 0.3) is 11.0 Å². The van der Waals surface area contributed by atoms with Crippen molar-refractivity contribution in [3.05, 3.63) is 24.3 Å². The van der Waals surface area contributed by atoms with Gasteiger partial charge in [-0.25, -0.2) is 9.67 Å². The molecule has 0 aliphatic rings. The number of aromatic nitrogens is 7. The highest BCUT2D eigenvalue weighted by Crippen LogP contribution is 2.22.